The first-order chi connectivity index (χ1) is 14.4. The number of aliphatic carboxylic acids is 1. The zero-order chi connectivity index (χ0) is 21.7. The van der Waals surface area contributed by atoms with Gasteiger partial charge in [0.1, 0.15) is 17.4 Å². The third kappa shape index (κ3) is 5.05. The molecule has 1 heterocycles. The number of carbonyl (C=O) groups excluding carboxylic acids is 1. The Morgan fingerprint density at radius 1 is 1.17 bits per heavy atom. The van der Waals surface area contributed by atoms with Gasteiger partial charge in [0.2, 0.25) is 5.91 Å². The SMILES string of the molecule is COc1cc2oc(=O)cc(C)c2cc1CCC(=O)N[C@@H](Cc1ccccc1)C(=O)O. The van der Waals surface area contributed by atoms with Crippen LogP contribution in [-0.2, 0) is 22.4 Å². The summed E-state index contributed by atoms with van der Waals surface area (Å²) in [4.78, 5) is 35.6. The molecule has 1 atom stereocenters. The first-order valence-corrected chi connectivity index (χ1v) is 9.55. The molecule has 2 aromatic carbocycles. The summed E-state index contributed by atoms with van der Waals surface area (Å²) in [6.07, 6.45) is 0.650. The zero-order valence-electron chi connectivity index (χ0n) is 16.8. The molecule has 7 nitrogen and oxygen atoms in total. The van der Waals surface area contributed by atoms with Gasteiger partial charge in [0.05, 0.1) is 7.11 Å². The lowest BCUT2D eigenvalue weighted by molar-refractivity contribution is -0.141. The summed E-state index contributed by atoms with van der Waals surface area (Å²) >= 11 is 0. The lowest BCUT2D eigenvalue weighted by Crippen LogP contribution is -2.42. The van der Waals surface area contributed by atoms with Crippen LogP contribution in [0.3, 0.4) is 0 Å². The maximum Gasteiger partial charge on any atom is 0.336 e. The van der Waals surface area contributed by atoms with Crippen LogP contribution in [0.1, 0.15) is 23.1 Å². The Kier molecular flexibility index (Phi) is 6.51. The second-order valence-electron chi connectivity index (χ2n) is 7.06. The molecule has 0 unspecified atom stereocenters. The standard InChI is InChI=1S/C23H23NO6/c1-14-10-22(26)30-20-13-19(29-2)16(12-17(14)20)8-9-21(25)24-18(23(27)28)11-15-6-4-3-5-7-15/h3-7,10,12-13,18H,8-9,11H2,1-2H3,(H,24,25)(H,27,28)/t18-/m0/s1. The van der Waals surface area contributed by atoms with Gasteiger partial charge in [0, 0.05) is 30.4 Å². The minimum atomic E-state index is -1.08. The van der Waals surface area contributed by atoms with Crippen molar-refractivity contribution in [1.29, 1.82) is 0 Å². The molecular formula is C23H23NO6. The highest BCUT2D eigenvalue weighted by Crippen LogP contribution is 2.28. The van der Waals surface area contributed by atoms with Crippen LogP contribution >= 0.6 is 0 Å². The van der Waals surface area contributed by atoms with Gasteiger partial charge in [0.15, 0.2) is 0 Å². The maximum atomic E-state index is 12.4. The van der Waals surface area contributed by atoms with E-state index in [2.05, 4.69) is 5.32 Å². The van der Waals surface area contributed by atoms with Gasteiger partial charge in [-0.05, 0) is 36.1 Å². The van der Waals surface area contributed by atoms with Gasteiger partial charge in [-0.25, -0.2) is 9.59 Å². The number of benzene rings is 2. The minimum absolute atomic E-state index is 0.0935. The van der Waals surface area contributed by atoms with E-state index in [0.717, 1.165) is 22.1 Å². The van der Waals surface area contributed by atoms with E-state index >= 15 is 0 Å². The number of nitrogens with one attached hydrogen (secondary N) is 1. The predicted octanol–water partition coefficient (Wildman–Crippen LogP) is 2.85. The number of ether oxygens (including phenoxy) is 1. The molecule has 0 bridgehead atoms. The summed E-state index contributed by atoms with van der Waals surface area (Å²) in [5.41, 5.74) is 2.35. The van der Waals surface area contributed by atoms with Gasteiger partial charge in [-0.15, -0.1) is 0 Å². The van der Waals surface area contributed by atoms with Crippen molar-refractivity contribution < 1.29 is 23.8 Å². The fourth-order valence-electron chi connectivity index (χ4n) is 3.34. The fraction of sp³-hybridized carbons (Fsp3) is 0.261. The third-order valence-corrected chi connectivity index (χ3v) is 4.89. The van der Waals surface area contributed by atoms with Gasteiger partial charge in [-0.2, -0.15) is 0 Å². The Balaban J connectivity index is 1.72. The fourth-order valence-corrected chi connectivity index (χ4v) is 3.34. The maximum absolute atomic E-state index is 12.4. The largest absolute Gasteiger partial charge is 0.496 e. The number of carboxylic acids is 1. The number of carboxylic acid groups (broad SMARTS) is 1. The van der Waals surface area contributed by atoms with Crippen LogP contribution in [0.15, 0.2) is 57.7 Å². The molecular weight excluding hydrogens is 386 g/mol. The molecule has 1 aromatic heterocycles. The summed E-state index contributed by atoms with van der Waals surface area (Å²) in [6.45, 7) is 1.81. The number of fused-ring (bicyclic) bond motifs is 1. The van der Waals surface area contributed by atoms with Crippen LogP contribution in [-0.4, -0.2) is 30.1 Å². The molecule has 0 aliphatic rings. The number of amides is 1. The first-order valence-electron chi connectivity index (χ1n) is 9.55. The van der Waals surface area contributed by atoms with E-state index < -0.39 is 17.6 Å². The predicted molar refractivity (Wildman–Crippen MR) is 112 cm³/mol. The molecule has 0 aliphatic carbocycles. The Bertz CT molecular complexity index is 1120. The van der Waals surface area contributed by atoms with Crippen LogP contribution in [0, 0.1) is 6.92 Å². The zero-order valence-corrected chi connectivity index (χ0v) is 16.8. The van der Waals surface area contributed by atoms with E-state index in [0.29, 0.717) is 17.8 Å². The number of carbonyl (C=O) groups is 2. The minimum Gasteiger partial charge on any atom is -0.496 e. The average Bonchev–Trinajstić information content (AvgIpc) is 2.72. The normalized spacial score (nSPS) is 11.8. The summed E-state index contributed by atoms with van der Waals surface area (Å²) in [6, 6.07) is 13.0. The van der Waals surface area contributed by atoms with E-state index in [9.17, 15) is 19.5 Å². The van der Waals surface area contributed by atoms with Crippen molar-refractivity contribution in [3.63, 3.8) is 0 Å². The quantitative estimate of drug-likeness (QED) is 0.554. The first kappa shape index (κ1) is 21.1. The highest BCUT2D eigenvalue weighted by atomic mass is 16.5. The van der Waals surface area contributed by atoms with E-state index in [1.165, 1.54) is 13.2 Å². The molecule has 30 heavy (non-hydrogen) atoms. The molecule has 0 fully saturated rings. The number of aryl methyl sites for hydroxylation is 2. The van der Waals surface area contributed by atoms with Gasteiger partial charge in [0.25, 0.3) is 0 Å². The van der Waals surface area contributed by atoms with Crippen molar-refractivity contribution in [1.82, 2.24) is 5.32 Å². The van der Waals surface area contributed by atoms with Crippen molar-refractivity contribution in [3.05, 3.63) is 75.6 Å². The Morgan fingerprint density at radius 3 is 2.57 bits per heavy atom. The van der Waals surface area contributed by atoms with Gasteiger partial charge in [-0.1, -0.05) is 30.3 Å². The monoisotopic (exact) mass is 409 g/mol. The Morgan fingerprint density at radius 2 is 1.90 bits per heavy atom. The van der Waals surface area contributed by atoms with Crippen molar-refractivity contribution in [2.24, 2.45) is 0 Å². The molecule has 1 amide bonds. The molecule has 0 radical (unpaired) electrons. The Hall–Kier alpha value is -3.61. The van der Waals surface area contributed by atoms with Gasteiger partial charge in [-0.3, -0.25) is 4.79 Å². The summed E-state index contributed by atoms with van der Waals surface area (Å²) in [5, 5.41) is 12.8. The van der Waals surface area contributed by atoms with Crippen LogP contribution in [0.2, 0.25) is 0 Å². The van der Waals surface area contributed by atoms with Gasteiger partial charge < -0.3 is 19.6 Å². The summed E-state index contributed by atoms with van der Waals surface area (Å²) in [5.74, 6) is -0.943. The van der Waals surface area contributed by atoms with Crippen LogP contribution < -0.4 is 15.7 Å². The second kappa shape index (κ2) is 9.26. The number of rotatable bonds is 8. The van der Waals surface area contributed by atoms with E-state index in [4.69, 9.17) is 9.15 Å². The third-order valence-electron chi connectivity index (χ3n) is 4.89. The highest BCUT2D eigenvalue weighted by Gasteiger charge is 2.20. The molecule has 156 valence electrons. The molecule has 0 saturated heterocycles. The molecule has 0 saturated carbocycles. The molecule has 3 rings (SSSR count). The lowest BCUT2D eigenvalue weighted by Gasteiger charge is -2.15. The summed E-state index contributed by atoms with van der Waals surface area (Å²) < 4.78 is 10.6. The Labute approximate surface area is 173 Å². The molecule has 3 aromatic rings. The number of methoxy groups -OCH3 is 1. The van der Waals surface area contributed by atoms with Gasteiger partial charge >= 0.3 is 11.6 Å². The van der Waals surface area contributed by atoms with Crippen molar-refractivity contribution >= 4 is 22.8 Å². The summed E-state index contributed by atoms with van der Waals surface area (Å²) in [7, 11) is 1.50. The van der Waals surface area contributed by atoms with Crippen molar-refractivity contribution in [3.8, 4) is 5.75 Å². The van der Waals surface area contributed by atoms with Crippen LogP contribution in [0.25, 0.3) is 11.0 Å². The average molecular weight is 409 g/mol. The van der Waals surface area contributed by atoms with Crippen molar-refractivity contribution in [2.75, 3.05) is 7.11 Å². The lowest BCUT2D eigenvalue weighted by atomic mass is 10.0. The topological polar surface area (TPSA) is 106 Å². The second-order valence-corrected chi connectivity index (χ2v) is 7.06. The number of hydrogen-bond acceptors (Lipinski definition) is 5. The molecule has 0 aliphatic heterocycles. The number of hydrogen-bond donors (Lipinski definition) is 2. The molecule has 7 heteroatoms. The van der Waals surface area contributed by atoms with Crippen LogP contribution in [0.5, 0.6) is 5.75 Å². The van der Waals surface area contributed by atoms with E-state index in [-0.39, 0.29) is 18.7 Å². The highest BCUT2D eigenvalue weighted by molar-refractivity contribution is 5.85. The van der Waals surface area contributed by atoms with Crippen LogP contribution in [0.4, 0.5) is 0 Å². The molecule has 2 N–H and O–H groups in total. The molecule has 0 spiro atoms. The van der Waals surface area contributed by atoms with Crippen molar-refractivity contribution in [2.45, 2.75) is 32.2 Å². The smallest absolute Gasteiger partial charge is 0.336 e. The van der Waals surface area contributed by atoms with E-state index in [1.807, 2.05) is 43.3 Å². The van der Waals surface area contributed by atoms with E-state index in [1.54, 1.807) is 6.07 Å².